The molecule has 7 heteroatoms. The van der Waals surface area contributed by atoms with Gasteiger partial charge in [-0.15, -0.1) is 5.10 Å². The van der Waals surface area contributed by atoms with Gasteiger partial charge in [0.15, 0.2) is 0 Å². The molecule has 3 aliphatic rings. The van der Waals surface area contributed by atoms with Crippen molar-refractivity contribution in [2.24, 2.45) is 5.10 Å². The first-order valence-corrected chi connectivity index (χ1v) is 10.6. The lowest BCUT2D eigenvalue weighted by molar-refractivity contribution is -0.116. The summed E-state index contributed by atoms with van der Waals surface area (Å²) in [7, 11) is 0. The van der Waals surface area contributed by atoms with Gasteiger partial charge in [-0.1, -0.05) is 6.42 Å². The zero-order chi connectivity index (χ0) is 19.6. The third-order valence-corrected chi connectivity index (χ3v) is 6.15. The van der Waals surface area contributed by atoms with Crippen LogP contribution >= 0.6 is 0 Å². The van der Waals surface area contributed by atoms with E-state index in [1.807, 2.05) is 12.1 Å². The molecule has 0 unspecified atom stereocenters. The van der Waals surface area contributed by atoms with Gasteiger partial charge in [-0.05, 0) is 81.0 Å². The summed E-state index contributed by atoms with van der Waals surface area (Å²) in [5, 5.41) is 12.3. The largest absolute Gasteiger partial charge is 0.358 e. The predicted molar refractivity (Wildman–Crippen MR) is 111 cm³/mol. The number of rotatable bonds is 4. The fourth-order valence-corrected chi connectivity index (χ4v) is 4.66. The number of H-pyrrole nitrogens is 1. The molecule has 1 saturated heterocycles. The molecule has 29 heavy (non-hydrogen) atoms. The van der Waals surface area contributed by atoms with Crippen LogP contribution in [-0.4, -0.2) is 44.8 Å². The molecule has 0 bridgehead atoms. The summed E-state index contributed by atoms with van der Waals surface area (Å²) in [5.41, 5.74) is 9.50. The van der Waals surface area contributed by atoms with Crippen molar-refractivity contribution < 1.29 is 4.79 Å². The van der Waals surface area contributed by atoms with Gasteiger partial charge in [-0.3, -0.25) is 9.69 Å². The Labute approximate surface area is 170 Å². The highest BCUT2D eigenvalue weighted by Crippen LogP contribution is 2.31. The minimum atomic E-state index is -0.192. The Morgan fingerprint density at radius 3 is 2.79 bits per heavy atom. The third-order valence-electron chi connectivity index (χ3n) is 6.15. The van der Waals surface area contributed by atoms with Crippen LogP contribution in [0, 0.1) is 0 Å². The standard InChI is InChI=1S/C22H26N6O/c29-22-16(21(26-27-22)19-9-6-10-23-25-19)13-20-17(14-28-11-4-1-5-12-28)15-7-2-3-8-18(15)24-20/h6,9-10,13,24H,1-5,7-8,11-12,14H2,(H,27,29)/b16-13+. The van der Waals surface area contributed by atoms with E-state index in [0.29, 0.717) is 17.0 Å². The van der Waals surface area contributed by atoms with Crippen LogP contribution in [0.3, 0.4) is 0 Å². The number of piperidine rings is 1. The van der Waals surface area contributed by atoms with Crippen LogP contribution < -0.4 is 5.43 Å². The highest BCUT2D eigenvalue weighted by Gasteiger charge is 2.28. The maximum atomic E-state index is 12.5. The maximum absolute atomic E-state index is 12.5. The van der Waals surface area contributed by atoms with Crippen molar-refractivity contribution in [3.05, 3.63) is 52.1 Å². The molecule has 1 aliphatic carbocycles. The lowest BCUT2D eigenvalue weighted by atomic mass is 9.93. The quantitative estimate of drug-likeness (QED) is 0.786. The van der Waals surface area contributed by atoms with E-state index < -0.39 is 0 Å². The topological polar surface area (TPSA) is 86.3 Å². The molecule has 2 aromatic heterocycles. The number of hydrogen-bond acceptors (Lipinski definition) is 5. The van der Waals surface area contributed by atoms with E-state index in [4.69, 9.17) is 0 Å². The van der Waals surface area contributed by atoms with Gasteiger partial charge in [-0.25, -0.2) is 5.43 Å². The minimum Gasteiger partial charge on any atom is -0.358 e. The second kappa shape index (κ2) is 7.91. The van der Waals surface area contributed by atoms with Crippen molar-refractivity contribution in [3.8, 4) is 0 Å². The highest BCUT2D eigenvalue weighted by atomic mass is 16.2. The molecule has 0 saturated carbocycles. The number of nitrogens with zero attached hydrogens (tertiary/aromatic N) is 4. The lowest BCUT2D eigenvalue weighted by Crippen LogP contribution is -2.29. The summed E-state index contributed by atoms with van der Waals surface area (Å²) in [5.74, 6) is -0.192. The normalized spacial score (nSPS) is 21.2. The van der Waals surface area contributed by atoms with Crippen LogP contribution in [-0.2, 0) is 24.2 Å². The molecule has 2 aromatic rings. The summed E-state index contributed by atoms with van der Waals surface area (Å²) in [6.07, 6.45) is 12.1. The lowest BCUT2D eigenvalue weighted by Gasteiger charge is -2.27. The van der Waals surface area contributed by atoms with E-state index in [2.05, 4.69) is 30.6 Å². The molecule has 5 rings (SSSR count). The van der Waals surface area contributed by atoms with Gasteiger partial charge in [0.2, 0.25) is 0 Å². The molecule has 0 aromatic carbocycles. The Kier molecular flexibility index (Phi) is 4.97. The zero-order valence-electron chi connectivity index (χ0n) is 16.6. The van der Waals surface area contributed by atoms with E-state index in [9.17, 15) is 4.79 Å². The number of carbonyl (C=O) groups excluding carboxylic acids is 1. The smallest absolute Gasteiger partial charge is 0.273 e. The zero-order valence-corrected chi connectivity index (χ0v) is 16.6. The van der Waals surface area contributed by atoms with Crippen LogP contribution in [0.2, 0.25) is 0 Å². The van der Waals surface area contributed by atoms with Crippen LogP contribution in [0.15, 0.2) is 29.0 Å². The van der Waals surface area contributed by atoms with Gasteiger partial charge in [0, 0.05) is 24.1 Å². The Hall–Kier alpha value is -2.80. The number of hydrazone groups is 1. The number of nitrogens with one attached hydrogen (secondary N) is 2. The summed E-state index contributed by atoms with van der Waals surface area (Å²) < 4.78 is 0. The number of amides is 1. The molecular formula is C22H26N6O. The fraction of sp³-hybridized carbons (Fsp3) is 0.455. The summed E-state index contributed by atoms with van der Waals surface area (Å²) in [4.78, 5) is 18.7. The van der Waals surface area contributed by atoms with E-state index in [0.717, 1.165) is 38.2 Å². The molecule has 2 N–H and O–H groups in total. The average Bonchev–Trinajstić information content (AvgIpc) is 3.30. The molecule has 1 amide bonds. The number of aromatic nitrogens is 3. The minimum absolute atomic E-state index is 0.192. The van der Waals surface area contributed by atoms with Crippen molar-refractivity contribution in [2.45, 2.75) is 51.5 Å². The van der Waals surface area contributed by atoms with Crippen LogP contribution in [0.25, 0.3) is 6.08 Å². The van der Waals surface area contributed by atoms with Crippen molar-refractivity contribution in [3.63, 3.8) is 0 Å². The Balaban J connectivity index is 1.53. The highest BCUT2D eigenvalue weighted by molar-refractivity contribution is 6.32. The number of fused-ring (bicyclic) bond motifs is 1. The van der Waals surface area contributed by atoms with Gasteiger partial charge in [-0.2, -0.15) is 10.2 Å². The molecular weight excluding hydrogens is 364 g/mol. The van der Waals surface area contributed by atoms with Gasteiger partial charge in [0.05, 0.1) is 5.57 Å². The van der Waals surface area contributed by atoms with Gasteiger partial charge >= 0.3 is 0 Å². The summed E-state index contributed by atoms with van der Waals surface area (Å²) in [6, 6.07) is 3.63. The average molecular weight is 390 g/mol. The molecule has 0 atom stereocenters. The van der Waals surface area contributed by atoms with Crippen LogP contribution in [0.1, 0.15) is 60.3 Å². The van der Waals surface area contributed by atoms with Crippen molar-refractivity contribution in [1.29, 1.82) is 0 Å². The fourth-order valence-electron chi connectivity index (χ4n) is 4.66. The van der Waals surface area contributed by atoms with Gasteiger partial charge in [0.25, 0.3) is 5.91 Å². The Morgan fingerprint density at radius 1 is 1.10 bits per heavy atom. The molecule has 4 heterocycles. The first-order chi connectivity index (χ1) is 14.3. The SMILES string of the molecule is O=C1NN=C(c2cccnn2)/C1=C\c1[nH]c2c(c1CN1CCCCC1)CCCC2. The monoisotopic (exact) mass is 390 g/mol. The number of aryl methyl sites for hydroxylation is 1. The van der Waals surface area contributed by atoms with Crippen LogP contribution in [0.4, 0.5) is 0 Å². The number of aromatic amines is 1. The maximum Gasteiger partial charge on any atom is 0.273 e. The number of hydrogen-bond donors (Lipinski definition) is 2. The first-order valence-electron chi connectivity index (χ1n) is 10.6. The second-order valence-corrected chi connectivity index (χ2v) is 8.09. The van der Waals surface area contributed by atoms with Gasteiger partial charge < -0.3 is 4.98 Å². The van der Waals surface area contributed by atoms with Crippen molar-refractivity contribution in [2.75, 3.05) is 13.1 Å². The molecule has 150 valence electrons. The van der Waals surface area contributed by atoms with Crippen molar-refractivity contribution in [1.82, 2.24) is 25.5 Å². The van der Waals surface area contributed by atoms with Gasteiger partial charge in [0.1, 0.15) is 11.4 Å². The summed E-state index contributed by atoms with van der Waals surface area (Å²) in [6.45, 7) is 3.26. The Bertz CT molecular complexity index is 969. The molecule has 2 aliphatic heterocycles. The molecule has 1 fully saturated rings. The van der Waals surface area contributed by atoms with Crippen LogP contribution in [0.5, 0.6) is 0 Å². The Morgan fingerprint density at radius 2 is 1.97 bits per heavy atom. The summed E-state index contributed by atoms with van der Waals surface area (Å²) >= 11 is 0. The molecule has 7 nitrogen and oxygen atoms in total. The van der Waals surface area contributed by atoms with E-state index in [1.165, 1.54) is 48.9 Å². The van der Waals surface area contributed by atoms with E-state index in [1.54, 1.807) is 12.3 Å². The molecule has 0 spiro atoms. The number of carbonyl (C=O) groups is 1. The predicted octanol–water partition coefficient (Wildman–Crippen LogP) is 2.59. The van der Waals surface area contributed by atoms with Crippen molar-refractivity contribution >= 4 is 17.7 Å². The van der Waals surface area contributed by atoms with E-state index in [-0.39, 0.29) is 5.91 Å². The first kappa shape index (κ1) is 18.2. The van der Waals surface area contributed by atoms with E-state index >= 15 is 0 Å². The second-order valence-electron chi connectivity index (χ2n) is 8.09. The third kappa shape index (κ3) is 3.62. The number of likely N-dealkylation sites (tertiary alicyclic amines) is 1. The molecule has 0 radical (unpaired) electrons.